The van der Waals surface area contributed by atoms with Crippen molar-refractivity contribution >= 4 is 10.8 Å². The number of pyridine rings is 1. The molecule has 1 heterocycles. The van der Waals surface area contributed by atoms with Gasteiger partial charge >= 0.3 is 0 Å². The van der Waals surface area contributed by atoms with Crippen LogP contribution in [-0.4, -0.2) is 0 Å². The summed E-state index contributed by atoms with van der Waals surface area (Å²) in [5.74, 6) is 0.738. The fraction of sp³-hybridized carbons (Fsp3) is 0.323. The van der Waals surface area contributed by atoms with E-state index in [9.17, 15) is 0 Å². The number of rotatable bonds is 3. The molecule has 4 aromatic rings. The molecular weight excluding hydrogens is 386 g/mol. The number of nitrogens with zero attached hydrogens (tertiary/aromatic N) is 1. The standard InChI is InChI=1S/C31H34N/c1-20-17-27(25-11-7-6-8-12-25)19-30(21(20)2)31-28-16-15-26(24-13-9-10-14-24)18-29(28)22(3)23(4)32(31)5/h6-8,11-12,15-19,24H,9-10,13-14H2,1-5H3/q+1. The third-order valence-corrected chi connectivity index (χ3v) is 7.94. The molecule has 32 heavy (non-hydrogen) atoms. The van der Waals surface area contributed by atoms with Crippen molar-refractivity contribution in [3.8, 4) is 22.4 Å². The van der Waals surface area contributed by atoms with Crippen LogP contribution in [0.4, 0.5) is 0 Å². The van der Waals surface area contributed by atoms with E-state index in [0.717, 1.165) is 5.92 Å². The number of hydrogen-bond donors (Lipinski definition) is 0. The van der Waals surface area contributed by atoms with Gasteiger partial charge in [-0.1, -0.05) is 61.4 Å². The molecule has 3 aromatic carbocycles. The van der Waals surface area contributed by atoms with Crippen molar-refractivity contribution in [1.82, 2.24) is 0 Å². The van der Waals surface area contributed by atoms with Gasteiger partial charge in [0.25, 0.3) is 0 Å². The summed E-state index contributed by atoms with van der Waals surface area (Å²) < 4.78 is 2.41. The smallest absolute Gasteiger partial charge is 0.198 e. The molecule has 0 aliphatic heterocycles. The zero-order valence-electron chi connectivity index (χ0n) is 20.1. The van der Waals surface area contributed by atoms with E-state index in [4.69, 9.17) is 0 Å². The van der Waals surface area contributed by atoms with Gasteiger partial charge < -0.3 is 0 Å². The molecule has 0 atom stereocenters. The molecule has 1 aliphatic carbocycles. The SMILES string of the molecule is Cc1cc(-c2ccccc2)cc(-c2c3ccc(C4CCCC4)cc3c(C)c(C)[n+]2C)c1C. The Morgan fingerprint density at radius 2 is 1.44 bits per heavy atom. The van der Waals surface area contributed by atoms with Gasteiger partial charge in [0.1, 0.15) is 7.05 Å². The van der Waals surface area contributed by atoms with Gasteiger partial charge in [-0.05, 0) is 84.9 Å². The van der Waals surface area contributed by atoms with Crippen LogP contribution in [0.2, 0.25) is 0 Å². The first-order chi connectivity index (χ1) is 15.5. The monoisotopic (exact) mass is 420 g/mol. The van der Waals surface area contributed by atoms with Crippen LogP contribution in [0.1, 0.15) is 59.5 Å². The van der Waals surface area contributed by atoms with Gasteiger partial charge in [-0.15, -0.1) is 0 Å². The second-order valence-corrected chi connectivity index (χ2v) is 9.74. The predicted molar refractivity (Wildman–Crippen MR) is 136 cm³/mol. The van der Waals surface area contributed by atoms with E-state index >= 15 is 0 Å². The van der Waals surface area contributed by atoms with Gasteiger partial charge in [-0.25, -0.2) is 0 Å². The molecule has 0 N–H and O–H groups in total. The van der Waals surface area contributed by atoms with Crippen LogP contribution < -0.4 is 4.57 Å². The molecule has 0 saturated heterocycles. The first kappa shape index (κ1) is 20.9. The second-order valence-electron chi connectivity index (χ2n) is 9.74. The lowest BCUT2D eigenvalue weighted by Gasteiger charge is -2.17. The molecule has 0 amide bonds. The van der Waals surface area contributed by atoms with Crippen LogP contribution in [0, 0.1) is 27.7 Å². The van der Waals surface area contributed by atoms with Gasteiger partial charge in [0.05, 0.1) is 10.9 Å². The minimum Gasteiger partial charge on any atom is -0.198 e. The lowest BCUT2D eigenvalue weighted by Crippen LogP contribution is -2.36. The fourth-order valence-electron chi connectivity index (χ4n) is 5.61. The summed E-state index contributed by atoms with van der Waals surface area (Å²) in [4.78, 5) is 0. The summed E-state index contributed by atoms with van der Waals surface area (Å²) in [6.07, 6.45) is 5.43. The minimum atomic E-state index is 0.738. The zero-order chi connectivity index (χ0) is 22.4. The Morgan fingerprint density at radius 3 is 2.16 bits per heavy atom. The Balaban J connectivity index is 1.78. The number of hydrogen-bond acceptors (Lipinski definition) is 0. The van der Waals surface area contributed by atoms with E-state index in [2.05, 4.69) is 100.0 Å². The fourth-order valence-corrected chi connectivity index (χ4v) is 5.61. The van der Waals surface area contributed by atoms with E-state index in [1.807, 2.05) is 0 Å². The second kappa shape index (κ2) is 8.20. The normalized spacial score (nSPS) is 14.4. The quantitative estimate of drug-likeness (QED) is 0.297. The Hall–Kier alpha value is -2.93. The minimum absolute atomic E-state index is 0.738. The number of fused-ring (bicyclic) bond motifs is 1. The van der Waals surface area contributed by atoms with Gasteiger partial charge in [0.2, 0.25) is 5.69 Å². The molecule has 1 saturated carbocycles. The summed E-state index contributed by atoms with van der Waals surface area (Å²) >= 11 is 0. The molecular formula is C31H34N+. The highest BCUT2D eigenvalue weighted by atomic mass is 14.9. The molecule has 162 valence electrons. The van der Waals surface area contributed by atoms with Crippen molar-refractivity contribution in [2.45, 2.75) is 59.3 Å². The van der Waals surface area contributed by atoms with Crippen LogP contribution in [0.15, 0.2) is 60.7 Å². The molecule has 0 bridgehead atoms. The highest BCUT2D eigenvalue weighted by molar-refractivity contribution is 5.97. The van der Waals surface area contributed by atoms with Crippen molar-refractivity contribution in [2.75, 3.05) is 0 Å². The summed E-state index contributed by atoms with van der Waals surface area (Å²) in [5.41, 5.74) is 12.2. The number of aromatic nitrogens is 1. The summed E-state index contributed by atoms with van der Waals surface area (Å²) in [6, 6.07) is 22.8. The average molecular weight is 421 g/mol. The maximum absolute atomic E-state index is 2.50. The van der Waals surface area contributed by atoms with E-state index in [1.165, 1.54) is 86.8 Å². The molecule has 1 aromatic heterocycles. The predicted octanol–water partition coefficient (Wildman–Crippen LogP) is 7.89. The van der Waals surface area contributed by atoms with E-state index in [-0.39, 0.29) is 0 Å². The maximum atomic E-state index is 2.50. The molecule has 1 fully saturated rings. The van der Waals surface area contributed by atoms with Crippen LogP contribution >= 0.6 is 0 Å². The van der Waals surface area contributed by atoms with Crippen LogP contribution in [0.3, 0.4) is 0 Å². The number of benzene rings is 3. The summed E-state index contributed by atoms with van der Waals surface area (Å²) in [6.45, 7) is 9.07. The topological polar surface area (TPSA) is 3.88 Å². The molecule has 0 spiro atoms. The van der Waals surface area contributed by atoms with Crippen LogP contribution in [0.25, 0.3) is 33.2 Å². The highest BCUT2D eigenvalue weighted by Crippen LogP contribution is 2.39. The van der Waals surface area contributed by atoms with Crippen LogP contribution in [-0.2, 0) is 7.05 Å². The lowest BCUT2D eigenvalue weighted by molar-refractivity contribution is -0.665. The van der Waals surface area contributed by atoms with Crippen LogP contribution in [0.5, 0.6) is 0 Å². The molecule has 1 nitrogen and oxygen atoms in total. The summed E-state index contributed by atoms with van der Waals surface area (Å²) in [5, 5.41) is 2.78. The first-order valence-electron chi connectivity index (χ1n) is 12.1. The molecule has 5 rings (SSSR count). The van der Waals surface area contributed by atoms with E-state index < -0.39 is 0 Å². The Morgan fingerprint density at radius 1 is 0.719 bits per heavy atom. The zero-order valence-corrected chi connectivity index (χ0v) is 20.1. The number of aryl methyl sites for hydroxylation is 2. The Kier molecular flexibility index (Phi) is 5.37. The molecule has 0 unspecified atom stereocenters. The van der Waals surface area contributed by atoms with Crippen molar-refractivity contribution in [1.29, 1.82) is 0 Å². The van der Waals surface area contributed by atoms with Gasteiger partial charge in [0, 0.05) is 12.5 Å². The first-order valence-corrected chi connectivity index (χ1v) is 12.1. The van der Waals surface area contributed by atoms with Gasteiger partial charge in [0.15, 0.2) is 5.69 Å². The average Bonchev–Trinajstić information content (AvgIpc) is 3.36. The molecule has 1 heteroatoms. The van der Waals surface area contributed by atoms with Crippen molar-refractivity contribution in [2.24, 2.45) is 7.05 Å². The van der Waals surface area contributed by atoms with E-state index in [0.29, 0.717) is 0 Å². The third-order valence-electron chi connectivity index (χ3n) is 7.94. The molecule has 1 aliphatic rings. The Bertz CT molecular complexity index is 1310. The third kappa shape index (κ3) is 3.45. The van der Waals surface area contributed by atoms with Crippen molar-refractivity contribution in [3.05, 3.63) is 88.6 Å². The Labute approximate surface area is 192 Å². The maximum Gasteiger partial charge on any atom is 0.220 e. The summed E-state index contributed by atoms with van der Waals surface area (Å²) in [7, 11) is 2.23. The lowest BCUT2D eigenvalue weighted by atomic mass is 9.89. The van der Waals surface area contributed by atoms with Crippen molar-refractivity contribution in [3.63, 3.8) is 0 Å². The van der Waals surface area contributed by atoms with Gasteiger partial charge in [-0.2, -0.15) is 4.57 Å². The molecule has 0 radical (unpaired) electrons. The highest BCUT2D eigenvalue weighted by Gasteiger charge is 2.25. The van der Waals surface area contributed by atoms with Crippen molar-refractivity contribution < 1.29 is 4.57 Å². The largest absolute Gasteiger partial charge is 0.220 e. The van der Waals surface area contributed by atoms with Gasteiger partial charge in [-0.3, -0.25) is 0 Å². The van der Waals surface area contributed by atoms with E-state index in [1.54, 1.807) is 0 Å².